The van der Waals surface area contributed by atoms with Gasteiger partial charge in [0.1, 0.15) is 6.10 Å². The van der Waals surface area contributed by atoms with E-state index in [0.717, 1.165) is 6.42 Å². The third-order valence-corrected chi connectivity index (χ3v) is 3.31. The van der Waals surface area contributed by atoms with Crippen molar-refractivity contribution in [2.24, 2.45) is 5.92 Å². The zero-order valence-corrected chi connectivity index (χ0v) is 10.7. The van der Waals surface area contributed by atoms with Crippen LogP contribution in [-0.2, 0) is 14.3 Å². The van der Waals surface area contributed by atoms with Gasteiger partial charge in [0.2, 0.25) is 5.91 Å². The third-order valence-electron chi connectivity index (χ3n) is 3.31. The monoisotopic (exact) mass is 263 g/mol. The van der Waals surface area contributed by atoms with Crippen LogP contribution in [-0.4, -0.2) is 29.7 Å². The summed E-state index contributed by atoms with van der Waals surface area (Å²) in [7, 11) is 0. The van der Waals surface area contributed by atoms with Crippen LogP contribution >= 0.6 is 0 Å². The van der Waals surface area contributed by atoms with Gasteiger partial charge >= 0.3 is 5.97 Å². The number of nitrogens with one attached hydrogen (secondary N) is 1. The lowest BCUT2D eigenvalue weighted by atomic mass is 10.0. The van der Waals surface area contributed by atoms with Crippen molar-refractivity contribution in [2.75, 3.05) is 6.61 Å². The fourth-order valence-corrected chi connectivity index (χ4v) is 2.19. The summed E-state index contributed by atoms with van der Waals surface area (Å²) in [6, 6.07) is 7.60. The number of rotatable bonds is 4. The van der Waals surface area contributed by atoms with Crippen LogP contribution in [0, 0.1) is 5.92 Å². The molecule has 0 bridgehead atoms. The number of amides is 1. The molecule has 5 nitrogen and oxygen atoms in total. The lowest BCUT2D eigenvalue weighted by Gasteiger charge is -2.19. The van der Waals surface area contributed by atoms with E-state index in [1.807, 2.05) is 6.92 Å². The predicted octanol–water partition coefficient (Wildman–Crippen LogP) is 1.35. The normalized spacial score (nSPS) is 23.8. The molecule has 1 fully saturated rings. The highest BCUT2D eigenvalue weighted by Gasteiger charge is 2.33. The average molecular weight is 263 g/mol. The Morgan fingerprint density at radius 1 is 1.37 bits per heavy atom. The van der Waals surface area contributed by atoms with Crippen LogP contribution in [0.3, 0.4) is 0 Å². The second-order valence-corrected chi connectivity index (χ2v) is 4.75. The van der Waals surface area contributed by atoms with E-state index in [2.05, 4.69) is 5.32 Å². The van der Waals surface area contributed by atoms with E-state index < -0.39 is 18.1 Å². The molecule has 1 aromatic carbocycles. The summed E-state index contributed by atoms with van der Waals surface area (Å²) in [6.45, 7) is 2.47. The van der Waals surface area contributed by atoms with Gasteiger partial charge in [0, 0.05) is 6.61 Å². The summed E-state index contributed by atoms with van der Waals surface area (Å²) < 4.78 is 5.34. The summed E-state index contributed by atoms with van der Waals surface area (Å²) in [6.07, 6.45) is 0.270. The summed E-state index contributed by atoms with van der Waals surface area (Å²) in [5, 5.41) is 11.8. The molecule has 5 heteroatoms. The van der Waals surface area contributed by atoms with Crippen LogP contribution in [0.1, 0.15) is 24.9 Å². The Labute approximate surface area is 111 Å². The zero-order chi connectivity index (χ0) is 13.8. The molecule has 1 saturated heterocycles. The zero-order valence-electron chi connectivity index (χ0n) is 10.7. The van der Waals surface area contributed by atoms with Crippen molar-refractivity contribution in [3.8, 4) is 0 Å². The quantitative estimate of drug-likeness (QED) is 0.860. The molecule has 3 atom stereocenters. The first-order valence-electron chi connectivity index (χ1n) is 6.29. The second-order valence-electron chi connectivity index (χ2n) is 4.75. The van der Waals surface area contributed by atoms with Crippen molar-refractivity contribution >= 4 is 11.9 Å². The molecule has 0 aliphatic carbocycles. The van der Waals surface area contributed by atoms with Gasteiger partial charge in [0.25, 0.3) is 0 Å². The molecule has 1 aliphatic heterocycles. The number of hydrogen-bond donors (Lipinski definition) is 2. The lowest BCUT2D eigenvalue weighted by molar-refractivity contribution is -0.144. The van der Waals surface area contributed by atoms with Crippen molar-refractivity contribution in [2.45, 2.75) is 25.5 Å². The lowest BCUT2D eigenvalue weighted by Crippen LogP contribution is -2.41. The summed E-state index contributed by atoms with van der Waals surface area (Å²) in [5.74, 6) is -1.32. The van der Waals surface area contributed by atoms with E-state index in [9.17, 15) is 14.7 Å². The molecule has 1 aromatic rings. The van der Waals surface area contributed by atoms with E-state index in [0.29, 0.717) is 12.2 Å². The number of ether oxygens (including phenoxy) is 1. The topological polar surface area (TPSA) is 75.6 Å². The minimum absolute atomic E-state index is 0.116. The van der Waals surface area contributed by atoms with Gasteiger partial charge in [-0.25, -0.2) is 4.79 Å². The van der Waals surface area contributed by atoms with Gasteiger partial charge in [-0.05, 0) is 17.9 Å². The third kappa shape index (κ3) is 3.12. The van der Waals surface area contributed by atoms with E-state index in [1.165, 1.54) is 0 Å². The fourth-order valence-electron chi connectivity index (χ4n) is 2.19. The maximum atomic E-state index is 12.0. The van der Waals surface area contributed by atoms with Crippen LogP contribution in [0.15, 0.2) is 30.3 Å². The van der Waals surface area contributed by atoms with Gasteiger partial charge in [-0.1, -0.05) is 37.3 Å². The van der Waals surface area contributed by atoms with Crippen LogP contribution in [0.2, 0.25) is 0 Å². The van der Waals surface area contributed by atoms with Crippen LogP contribution in [0.5, 0.6) is 0 Å². The molecule has 0 radical (unpaired) electrons. The first kappa shape index (κ1) is 13.5. The van der Waals surface area contributed by atoms with Gasteiger partial charge in [-0.3, -0.25) is 4.79 Å². The van der Waals surface area contributed by atoms with Gasteiger partial charge in [0.15, 0.2) is 6.04 Å². The highest BCUT2D eigenvalue weighted by atomic mass is 16.5. The molecule has 0 saturated carbocycles. The van der Waals surface area contributed by atoms with Crippen molar-refractivity contribution in [1.29, 1.82) is 0 Å². The minimum atomic E-state index is -1.08. The van der Waals surface area contributed by atoms with E-state index in [1.54, 1.807) is 30.3 Å². The van der Waals surface area contributed by atoms with Crippen LogP contribution in [0.4, 0.5) is 0 Å². The maximum Gasteiger partial charge on any atom is 0.330 e. The Kier molecular flexibility index (Phi) is 4.16. The van der Waals surface area contributed by atoms with Crippen molar-refractivity contribution in [1.82, 2.24) is 5.32 Å². The van der Waals surface area contributed by atoms with Crippen molar-refractivity contribution in [3.63, 3.8) is 0 Å². The Balaban J connectivity index is 2.09. The molecular formula is C14H17NO4. The number of carboxylic acid groups (broad SMARTS) is 1. The van der Waals surface area contributed by atoms with E-state index in [4.69, 9.17) is 4.74 Å². The first-order valence-corrected chi connectivity index (χ1v) is 6.29. The van der Waals surface area contributed by atoms with Crippen molar-refractivity contribution in [3.05, 3.63) is 35.9 Å². The molecule has 2 N–H and O–H groups in total. The van der Waals surface area contributed by atoms with E-state index in [-0.39, 0.29) is 11.8 Å². The fraction of sp³-hybridized carbons (Fsp3) is 0.429. The summed E-state index contributed by atoms with van der Waals surface area (Å²) in [4.78, 5) is 23.3. The molecule has 0 spiro atoms. The maximum absolute atomic E-state index is 12.0. The number of aliphatic carboxylic acids is 1. The number of carbonyl (C=O) groups excluding carboxylic acids is 1. The molecule has 0 aromatic heterocycles. The molecule has 19 heavy (non-hydrogen) atoms. The van der Waals surface area contributed by atoms with Gasteiger partial charge in [-0.2, -0.15) is 0 Å². The summed E-state index contributed by atoms with van der Waals surface area (Å²) >= 11 is 0. The van der Waals surface area contributed by atoms with Crippen molar-refractivity contribution < 1.29 is 19.4 Å². The Bertz CT molecular complexity index is 460. The molecular weight excluding hydrogens is 246 g/mol. The Hall–Kier alpha value is -1.88. The molecule has 1 aliphatic rings. The molecule has 1 heterocycles. The summed E-state index contributed by atoms with van der Waals surface area (Å²) in [5.41, 5.74) is 0.550. The van der Waals surface area contributed by atoms with Gasteiger partial charge in [0.05, 0.1) is 0 Å². The van der Waals surface area contributed by atoms with Gasteiger partial charge < -0.3 is 15.2 Å². The largest absolute Gasteiger partial charge is 0.479 e. The molecule has 102 valence electrons. The number of carboxylic acids is 1. The SMILES string of the molecule is CC1CCOC1C(=O)N[C@@H](C(=O)O)c1ccccc1. The molecule has 1 amide bonds. The highest BCUT2D eigenvalue weighted by Crippen LogP contribution is 2.21. The second kappa shape index (κ2) is 5.84. The van der Waals surface area contributed by atoms with Gasteiger partial charge in [-0.15, -0.1) is 0 Å². The number of carbonyl (C=O) groups is 2. The standard InChI is InChI=1S/C14H17NO4/c1-9-7-8-19-12(9)13(16)15-11(14(17)18)10-5-3-2-4-6-10/h2-6,9,11-12H,7-8H2,1H3,(H,15,16)(H,17,18)/t9?,11-,12?/m1/s1. The Morgan fingerprint density at radius 2 is 2.05 bits per heavy atom. The van der Waals surface area contributed by atoms with Crippen LogP contribution in [0.25, 0.3) is 0 Å². The predicted molar refractivity (Wildman–Crippen MR) is 68.5 cm³/mol. The molecule has 2 rings (SSSR count). The number of benzene rings is 1. The molecule has 2 unspecified atom stereocenters. The number of hydrogen-bond acceptors (Lipinski definition) is 3. The first-order chi connectivity index (χ1) is 9.09. The van der Waals surface area contributed by atoms with E-state index >= 15 is 0 Å². The Morgan fingerprint density at radius 3 is 2.58 bits per heavy atom. The minimum Gasteiger partial charge on any atom is -0.479 e. The average Bonchev–Trinajstić information content (AvgIpc) is 2.82. The van der Waals surface area contributed by atoms with Crippen LogP contribution < -0.4 is 5.32 Å². The smallest absolute Gasteiger partial charge is 0.330 e. The highest BCUT2D eigenvalue weighted by molar-refractivity contribution is 5.87.